The largest absolute Gasteiger partial charge is 0.496 e. The number of nitrogens with zero attached hydrogens (tertiary/aromatic N) is 2. The molecule has 8 heteroatoms. The summed E-state index contributed by atoms with van der Waals surface area (Å²) < 4.78 is 50.5. The first-order valence-electron chi connectivity index (χ1n) is 8.87. The summed E-state index contributed by atoms with van der Waals surface area (Å²) >= 11 is 3.50. The highest BCUT2D eigenvalue weighted by atomic mass is 79.9. The lowest BCUT2D eigenvalue weighted by Crippen LogP contribution is -2.46. The van der Waals surface area contributed by atoms with Gasteiger partial charge in [-0.05, 0) is 40.2 Å². The van der Waals surface area contributed by atoms with E-state index in [4.69, 9.17) is 9.47 Å². The summed E-state index contributed by atoms with van der Waals surface area (Å²) in [7, 11) is 3.23. The van der Waals surface area contributed by atoms with Crippen molar-refractivity contribution in [2.45, 2.75) is 12.7 Å². The molecule has 0 radical (unpaired) electrons. The highest BCUT2D eigenvalue weighted by Crippen LogP contribution is 2.34. The van der Waals surface area contributed by atoms with Crippen LogP contribution in [0, 0.1) is 0 Å². The number of hydrogen-bond donors (Lipinski definition) is 0. The Kier molecular flexibility index (Phi) is 6.40. The number of benzene rings is 2. The van der Waals surface area contributed by atoms with Gasteiger partial charge < -0.3 is 14.4 Å². The van der Waals surface area contributed by atoms with Crippen molar-refractivity contribution in [3.8, 4) is 11.5 Å². The molecule has 152 valence electrons. The number of ether oxygens (including phenoxy) is 2. The Bertz CT molecular complexity index is 822. The van der Waals surface area contributed by atoms with Crippen LogP contribution in [-0.4, -0.2) is 45.3 Å². The second kappa shape index (κ2) is 8.61. The van der Waals surface area contributed by atoms with Gasteiger partial charge in [0, 0.05) is 50.0 Å². The standard InChI is InChI=1S/C20H22BrF3N2O2/c1-27-18-12-19(28-2)17(21)10-14(18)13-25-6-8-26(9-7-25)16-5-3-4-15(11-16)20(22,23)24/h3-5,10-12H,6-9,13H2,1-2H3. The molecule has 1 fully saturated rings. The van der Waals surface area contributed by atoms with Gasteiger partial charge in [-0.2, -0.15) is 13.2 Å². The van der Waals surface area contributed by atoms with Crippen molar-refractivity contribution in [2.24, 2.45) is 0 Å². The van der Waals surface area contributed by atoms with Crippen molar-refractivity contribution in [1.82, 2.24) is 4.90 Å². The van der Waals surface area contributed by atoms with Crippen molar-refractivity contribution in [3.05, 3.63) is 52.0 Å². The van der Waals surface area contributed by atoms with Gasteiger partial charge in [-0.25, -0.2) is 0 Å². The monoisotopic (exact) mass is 458 g/mol. The fourth-order valence-corrected chi connectivity index (χ4v) is 3.88. The minimum absolute atomic E-state index is 0.610. The third-order valence-corrected chi connectivity index (χ3v) is 5.48. The number of methoxy groups -OCH3 is 2. The van der Waals surface area contributed by atoms with E-state index in [-0.39, 0.29) is 0 Å². The molecule has 1 heterocycles. The van der Waals surface area contributed by atoms with Gasteiger partial charge in [0.2, 0.25) is 0 Å². The van der Waals surface area contributed by atoms with Gasteiger partial charge in [-0.3, -0.25) is 4.90 Å². The van der Waals surface area contributed by atoms with E-state index < -0.39 is 11.7 Å². The molecular weight excluding hydrogens is 437 g/mol. The van der Waals surface area contributed by atoms with E-state index in [9.17, 15) is 13.2 Å². The van der Waals surface area contributed by atoms with Crippen molar-refractivity contribution in [3.63, 3.8) is 0 Å². The Balaban J connectivity index is 1.66. The van der Waals surface area contributed by atoms with Gasteiger partial charge in [0.1, 0.15) is 11.5 Å². The van der Waals surface area contributed by atoms with E-state index in [1.54, 1.807) is 20.3 Å². The number of rotatable bonds is 5. The molecular formula is C20H22BrF3N2O2. The predicted octanol–water partition coefficient (Wildman–Crippen LogP) is 4.81. The molecule has 0 atom stereocenters. The topological polar surface area (TPSA) is 24.9 Å². The number of hydrogen-bond acceptors (Lipinski definition) is 4. The van der Waals surface area contributed by atoms with Crippen LogP contribution in [0.25, 0.3) is 0 Å². The van der Waals surface area contributed by atoms with E-state index in [1.165, 1.54) is 12.1 Å². The third-order valence-electron chi connectivity index (χ3n) is 4.86. The zero-order valence-electron chi connectivity index (χ0n) is 15.7. The van der Waals surface area contributed by atoms with Gasteiger partial charge in [0.25, 0.3) is 0 Å². The van der Waals surface area contributed by atoms with Crippen LogP contribution in [0.1, 0.15) is 11.1 Å². The fourth-order valence-electron chi connectivity index (χ4n) is 3.33. The molecule has 0 saturated carbocycles. The maximum absolute atomic E-state index is 12.9. The molecule has 4 nitrogen and oxygen atoms in total. The summed E-state index contributed by atoms with van der Waals surface area (Å²) in [4.78, 5) is 4.26. The van der Waals surface area contributed by atoms with Gasteiger partial charge in [0.15, 0.2) is 0 Å². The molecule has 3 rings (SSSR count). The average molecular weight is 459 g/mol. The lowest BCUT2D eigenvalue weighted by atomic mass is 10.1. The molecule has 28 heavy (non-hydrogen) atoms. The summed E-state index contributed by atoms with van der Waals surface area (Å²) in [5.41, 5.74) is 1.03. The van der Waals surface area contributed by atoms with Crippen LogP contribution in [0.15, 0.2) is 40.9 Å². The molecule has 0 aromatic heterocycles. The lowest BCUT2D eigenvalue weighted by Gasteiger charge is -2.36. The summed E-state index contributed by atoms with van der Waals surface area (Å²) in [5.74, 6) is 1.45. The second-order valence-corrected chi connectivity index (χ2v) is 7.46. The average Bonchev–Trinajstić information content (AvgIpc) is 2.68. The number of alkyl halides is 3. The first kappa shape index (κ1) is 20.8. The highest BCUT2D eigenvalue weighted by molar-refractivity contribution is 9.10. The Morgan fingerprint density at radius 1 is 0.964 bits per heavy atom. The first-order valence-corrected chi connectivity index (χ1v) is 9.66. The summed E-state index contributed by atoms with van der Waals surface area (Å²) in [5, 5.41) is 0. The summed E-state index contributed by atoms with van der Waals surface area (Å²) in [6, 6.07) is 9.35. The molecule has 1 saturated heterocycles. The normalized spacial score (nSPS) is 15.6. The van der Waals surface area contributed by atoms with Gasteiger partial charge in [0.05, 0.1) is 24.3 Å². The lowest BCUT2D eigenvalue weighted by molar-refractivity contribution is -0.137. The van der Waals surface area contributed by atoms with E-state index in [2.05, 4.69) is 20.8 Å². The maximum Gasteiger partial charge on any atom is 0.416 e. The van der Waals surface area contributed by atoms with Gasteiger partial charge >= 0.3 is 6.18 Å². The van der Waals surface area contributed by atoms with Crippen molar-refractivity contribution < 1.29 is 22.6 Å². The van der Waals surface area contributed by atoms with Crippen LogP contribution in [0.4, 0.5) is 18.9 Å². The molecule has 0 bridgehead atoms. The molecule has 0 N–H and O–H groups in total. The Hall–Kier alpha value is -1.93. The molecule has 0 aliphatic carbocycles. The minimum Gasteiger partial charge on any atom is -0.496 e. The Morgan fingerprint density at radius 2 is 1.64 bits per heavy atom. The Morgan fingerprint density at radius 3 is 2.25 bits per heavy atom. The van der Waals surface area contributed by atoms with Crippen molar-refractivity contribution in [1.29, 1.82) is 0 Å². The van der Waals surface area contributed by atoms with Crippen LogP contribution in [0.3, 0.4) is 0 Å². The minimum atomic E-state index is -4.32. The van der Waals surface area contributed by atoms with Crippen LogP contribution in [0.5, 0.6) is 11.5 Å². The number of halogens is 4. The van der Waals surface area contributed by atoms with Crippen LogP contribution < -0.4 is 14.4 Å². The number of anilines is 1. The molecule has 2 aromatic carbocycles. The SMILES string of the molecule is COc1cc(OC)c(CN2CCN(c3cccc(C(F)(F)F)c3)CC2)cc1Br. The molecule has 0 unspecified atom stereocenters. The molecule has 1 aliphatic rings. The molecule has 0 spiro atoms. The van der Waals surface area contributed by atoms with Crippen molar-refractivity contribution in [2.75, 3.05) is 45.3 Å². The maximum atomic E-state index is 12.9. The smallest absolute Gasteiger partial charge is 0.416 e. The van der Waals surface area contributed by atoms with E-state index in [0.717, 1.165) is 34.9 Å². The first-order chi connectivity index (χ1) is 13.3. The number of piperazine rings is 1. The third kappa shape index (κ3) is 4.72. The van der Waals surface area contributed by atoms with Gasteiger partial charge in [-0.15, -0.1) is 0 Å². The zero-order chi connectivity index (χ0) is 20.3. The van der Waals surface area contributed by atoms with E-state index >= 15 is 0 Å². The highest BCUT2D eigenvalue weighted by Gasteiger charge is 2.31. The van der Waals surface area contributed by atoms with E-state index in [1.807, 2.05) is 17.0 Å². The molecule has 1 aliphatic heterocycles. The zero-order valence-corrected chi connectivity index (χ0v) is 17.3. The van der Waals surface area contributed by atoms with Crippen molar-refractivity contribution >= 4 is 21.6 Å². The van der Waals surface area contributed by atoms with E-state index in [0.29, 0.717) is 31.1 Å². The van der Waals surface area contributed by atoms with Gasteiger partial charge in [-0.1, -0.05) is 6.07 Å². The summed E-state index contributed by atoms with van der Waals surface area (Å²) in [6.45, 7) is 3.54. The fraction of sp³-hybridized carbons (Fsp3) is 0.400. The van der Waals surface area contributed by atoms with Crippen LogP contribution >= 0.6 is 15.9 Å². The molecule has 0 amide bonds. The quantitative estimate of drug-likeness (QED) is 0.641. The Labute approximate surface area is 171 Å². The predicted molar refractivity (Wildman–Crippen MR) is 106 cm³/mol. The summed E-state index contributed by atoms with van der Waals surface area (Å²) in [6.07, 6.45) is -4.32. The second-order valence-electron chi connectivity index (χ2n) is 6.61. The molecule has 2 aromatic rings. The van der Waals surface area contributed by atoms with Crippen LogP contribution in [-0.2, 0) is 12.7 Å². The van der Waals surface area contributed by atoms with Crippen LogP contribution in [0.2, 0.25) is 0 Å².